The second-order valence-electron chi connectivity index (χ2n) is 7.97. The van der Waals surface area contributed by atoms with E-state index in [9.17, 15) is 4.79 Å². The fraction of sp³-hybridized carbons (Fsp3) is 0.333. The van der Waals surface area contributed by atoms with E-state index < -0.39 is 0 Å². The van der Waals surface area contributed by atoms with Gasteiger partial charge in [0.25, 0.3) is 0 Å². The SMILES string of the molecule is O=C1CC[C@H](CCNCc2cc3c(cc2Cl)OCO3)N1Cc1nc(-c2ccccc2)cs1. The predicted molar refractivity (Wildman–Crippen MR) is 125 cm³/mol. The van der Waals surface area contributed by atoms with Gasteiger partial charge in [0.15, 0.2) is 11.5 Å². The molecule has 1 saturated heterocycles. The molecular weight excluding hydrogens is 446 g/mol. The van der Waals surface area contributed by atoms with Gasteiger partial charge >= 0.3 is 0 Å². The molecule has 0 unspecified atom stereocenters. The number of thiazole rings is 1. The van der Waals surface area contributed by atoms with Gasteiger partial charge in [0, 0.05) is 41.0 Å². The summed E-state index contributed by atoms with van der Waals surface area (Å²) in [6, 6.07) is 14.1. The number of carbonyl (C=O) groups excluding carboxylic acids is 1. The van der Waals surface area contributed by atoms with Crippen LogP contribution >= 0.6 is 22.9 Å². The molecule has 1 fully saturated rings. The van der Waals surface area contributed by atoms with Gasteiger partial charge in [0.2, 0.25) is 12.7 Å². The van der Waals surface area contributed by atoms with Crippen molar-refractivity contribution in [3.05, 3.63) is 63.4 Å². The van der Waals surface area contributed by atoms with Gasteiger partial charge in [-0.15, -0.1) is 11.3 Å². The Morgan fingerprint density at radius 1 is 1.19 bits per heavy atom. The summed E-state index contributed by atoms with van der Waals surface area (Å²) in [5.41, 5.74) is 3.05. The second-order valence-corrected chi connectivity index (χ2v) is 9.32. The Bertz CT molecular complexity index is 1110. The van der Waals surface area contributed by atoms with Crippen LogP contribution in [0.5, 0.6) is 11.5 Å². The molecule has 0 spiro atoms. The molecule has 0 bridgehead atoms. The zero-order valence-electron chi connectivity index (χ0n) is 17.6. The molecule has 1 aromatic heterocycles. The van der Waals surface area contributed by atoms with Crippen molar-refractivity contribution in [2.45, 2.75) is 38.4 Å². The normalized spacial score (nSPS) is 17.3. The second kappa shape index (κ2) is 9.48. The average molecular weight is 470 g/mol. The lowest BCUT2D eigenvalue weighted by atomic mass is 10.1. The summed E-state index contributed by atoms with van der Waals surface area (Å²) in [5.74, 6) is 1.64. The van der Waals surface area contributed by atoms with Crippen LogP contribution in [0, 0.1) is 0 Å². The smallest absolute Gasteiger partial charge is 0.231 e. The quantitative estimate of drug-likeness (QED) is 0.477. The number of fused-ring (bicyclic) bond motifs is 1. The van der Waals surface area contributed by atoms with E-state index in [0.29, 0.717) is 30.3 Å². The van der Waals surface area contributed by atoms with Gasteiger partial charge in [-0.2, -0.15) is 0 Å². The molecular formula is C24H24ClN3O3S. The van der Waals surface area contributed by atoms with Crippen molar-refractivity contribution in [3.8, 4) is 22.8 Å². The van der Waals surface area contributed by atoms with Crippen molar-refractivity contribution < 1.29 is 14.3 Å². The van der Waals surface area contributed by atoms with E-state index >= 15 is 0 Å². The zero-order chi connectivity index (χ0) is 21.9. The lowest BCUT2D eigenvalue weighted by molar-refractivity contribution is -0.129. The maximum Gasteiger partial charge on any atom is 0.231 e. The first kappa shape index (κ1) is 21.2. The van der Waals surface area contributed by atoms with Crippen LogP contribution in [0.3, 0.4) is 0 Å². The van der Waals surface area contributed by atoms with Crippen LogP contribution in [0.25, 0.3) is 11.3 Å². The minimum absolute atomic E-state index is 0.213. The average Bonchev–Trinajstić information content (AvgIpc) is 3.54. The third-order valence-corrected chi connectivity index (χ3v) is 7.08. The van der Waals surface area contributed by atoms with Crippen molar-refractivity contribution >= 4 is 28.8 Å². The van der Waals surface area contributed by atoms with Crippen molar-refractivity contribution in [3.63, 3.8) is 0 Å². The van der Waals surface area contributed by atoms with Gasteiger partial charge in [-0.3, -0.25) is 4.79 Å². The Balaban J connectivity index is 1.15. The van der Waals surface area contributed by atoms with Crippen LogP contribution in [-0.4, -0.2) is 35.2 Å². The number of halogens is 1. The first-order chi connectivity index (χ1) is 15.7. The zero-order valence-corrected chi connectivity index (χ0v) is 19.1. The highest BCUT2D eigenvalue weighted by molar-refractivity contribution is 7.09. The van der Waals surface area contributed by atoms with Gasteiger partial charge in [0.05, 0.1) is 12.2 Å². The van der Waals surface area contributed by atoms with Crippen LogP contribution in [-0.2, 0) is 17.9 Å². The van der Waals surface area contributed by atoms with Crippen LogP contribution < -0.4 is 14.8 Å². The van der Waals surface area contributed by atoms with Crippen LogP contribution in [0.1, 0.15) is 29.8 Å². The number of benzene rings is 2. The molecule has 0 saturated carbocycles. The number of ether oxygens (including phenoxy) is 2. The molecule has 2 aliphatic rings. The number of nitrogens with one attached hydrogen (secondary N) is 1. The summed E-state index contributed by atoms with van der Waals surface area (Å²) in [6.07, 6.45) is 2.39. The van der Waals surface area contributed by atoms with Crippen LogP contribution in [0.4, 0.5) is 0 Å². The molecule has 1 amide bonds. The molecule has 32 heavy (non-hydrogen) atoms. The third kappa shape index (κ3) is 4.60. The molecule has 0 radical (unpaired) electrons. The number of hydrogen-bond donors (Lipinski definition) is 1. The molecule has 5 rings (SSSR count). The van der Waals surface area contributed by atoms with Crippen molar-refractivity contribution in [1.29, 1.82) is 0 Å². The van der Waals surface area contributed by atoms with E-state index in [0.717, 1.165) is 47.0 Å². The Morgan fingerprint density at radius 3 is 2.84 bits per heavy atom. The van der Waals surface area contributed by atoms with E-state index in [1.54, 1.807) is 17.4 Å². The Hall–Kier alpha value is -2.61. The summed E-state index contributed by atoms with van der Waals surface area (Å²) in [5, 5.41) is 7.16. The summed E-state index contributed by atoms with van der Waals surface area (Å²) in [4.78, 5) is 19.3. The molecule has 2 aliphatic heterocycles. The highest BCUT2D eigenvalue weighted by atomic mass is 35.5. The molecule has 3 aromatic rings. The number of likely N-dealkylation sites (tertiary alicyclic amines) is 1. The van der Waals surface area contributed by atoms with E-state index in [1.807, 2.05) is 29.2 Å². The number of aromatic nitrogens is 1. The summed E-state index contributed by atoms with van der Waals surface area (Å²) in [6.45, 7) is 2.25. The van der Waals surface area contributed by atoms with Gasteiger partial charge in [0.1, 0.15) is 5.01 Å². The molecule has 8 heteroatoms. The van der Waals surface area contributed by atoms with E-state index in [4.69, 9.17) is 26.1 Å². The number of amides is 1. The van der Waals surface area contributed by atoms with Gasteiger partial charge < -0.3 is 19.7 Å². The maximum atomic E-state index is 12.5. The van der Waals surface area contributed by atoms with Gasteiger partial charge in [-0.1, -0.05) is 41.9 Å². The van der Waals surface area contributed by atoms with Gasteiger partial charge in [-0.25, -0.2) is 4.98 Å². The van der Waals surface area contributed by atoms with Crippen molar-refractivity contribution in [1.82, 2.24) is 15.2 Å². The number of nitrogens with zero attached hydrogens (tertiary/aromatic N) is 2. The fourth-order valence-electron chi connectivity index (χ4n) is 4.17. The molecule has 2 aromatic carbocycles. The number of carbonyl (C=O) groups is 1. The Morgan fingerprint density at radius 2 is 2.00 bits per heavy atom. The first-order valence-electron chi connectivity index (χ1n) is 10.8. The number of hydrogen-bond acceptors (Lipinski definition) is 6. The molecule has 166 valence electrons. The number of rotatable bonds is 8. The van der Waals surface area contributed by atoms with Gasteiger partial charge in [-0.05, 0) is 31.0 Å². The largest absolute Gasteiger partial charge is 0.454 e. The summed E-state index contributed by atoms with van der Waals surface area (Å²) < 4.78 is 10.8. The Labute approximate surface area is 196 Å². The fourth-order valence-corrected chi connectivity index (χ4v) is 5.19. The highest BCUT2D eigenvalue weighted by Crippen LogP contribution is 2.36. The third-order valence-electron chi connectivity index (χ3n) is 5.89. The molecule has 1 N–H and O–H groups in total. The highest BCUT2D eigenvalue weighted by Gasteiger charge is 2.31. The monoisotopic (exact) mass is 469 g/mol. The van der Waals surface area contributed by atoms with E-state index in [1.165, 1.54) is 0 Å². The summed E-state index contributed by atoms with van der Waals surface area (Å²) in [7, 11) is 0. The molecule has 0 aliphatic carbocycles. The van der Waals surface area contributed by atoms with Crippen LogP contribution in [0.2, 0.25) is 5.02 Å². The Kier molecular flexibility index (Phi) is 6.30. The lowest BCUT2D eigenvalue weighted by Gasteiger charge is -2.24. The van der Waals surface area contributed by atoms with E-state index in [-0.39, 0.29) is 18.7 Å². The minimum Gasteiger partial charge on any atom is -0.454 e. The van der Waals surface area contributed by atoms with Crippen LogP contribution in [0.15, 0.2) is 47.8 Å². The van der Waals surface area contributed by atoms with E-state index in [2.05, 4.69) is 22.8 Å². The molecule has 1 atom stereocenters. The van der Waals surface area contributed by atoms with Crippen molar-refractivity contribution in [2.75, 3.05) is 13.3 Å². The molecule has 6 nitrogen and oxygen atoms in total. The minimum atomic E-state index is 0.213. The lowest BCUT2D eigenvalue weighted by Crippen LogP contribution is -2.34. The first-order valence-corrected chi connectivity index (χ1v) is 12.0. The maximum absolute atomic E-state index is 12.5. The topological polar surface area (TPSA) is 63.7 Å². The predicted octanol–water partition coefficient (Wildman–Crippen LogP) is 4.86. The van der Waals surface area contributed by atoms with Crippen molar-refractivity contribution in [2.24, 2.45) is 0 Å². The molecule has 3 heterocycles. The standard InChI is InChI=1S/C24H24ClN3O3S/c25-19-11-22-21(30-15-31-22)10-17(19)12-26-9-8-18-6-7-24(29)28(18)13-23-27-20(14-32-23)16-4-2-1-3-5-16/h1-5,10-11,14,18,26H,6-9,12-13,15H2/t18-/m1/s1. The summed E-state index contributed by atoms with van der Waals surface area (Å²) >= 11 is 7.97.